The third-order valence-corrected chi connectivity index (χ3v) is 5.21. The largest absolute Gasteiger partial charge is 0.491 e. The molecule has 6 heteroatoms. The van der Waals surface area contributed by atoms with Crippen molar-refractivity contribution in [2.45, 2.75) is 6.92 Å². The van der Waals surface area contributed by atoms with Gasteiger partial charge in [0.15, 0.2) is 5.78 Å². The van der Waals surface area contributed by atoms with Gasteiger partial charge >= 0.3 is 0 Å². The number of nitrogens with zero attached hydrogens (tertiary/aromatic N) is 2. The van der Waals surface area contributed by atoms with Crippen molar-refractivity contribution in [1.29, 1.82) is 0 Å². The number of piperazine rings is 1. The molecule has 2 aromatic rings. The molecule has 0 bridgehead atoms. The zero-order valence-corrected chi connectivity index (χ0v) is 17.0. The van der Waals surface area contributed by atoms with E-state index in [1.165, 1.54) is 0 Å². The van der Waals surface area contributed by atoms with E-state index in [0.29, 0.717) is 29.5 Å². The first kappa shape index (κ1) is 20.6. The predicted molar refractivity (Wildman–Crippen MR) is 112 cm³/mol. The van der Waals surface area contributed by atoms with Crippen LogP contribution in [0.1, 0.15) is 17.3 Å². The third-order valence-electron chi connectivity index (χ3n) is 4.90. The minimum Gasteiger partial charge on any atom is -0.491 e. The van der Waals surface area contributed by atoms with Crippen LogP contribution in [0.3, 0.4) is 0 Å². The molecule has 0 aromatic heterocycles. The molecule has 0 atom stereocenters. The lowest BCUT2D eigenvalue weighted by atomic mass is 10.1. The Morgan fingerprint density at radius 3 is 1.93 bits per heavy atom. The number of para-hydroxylation sites is 2. The normalized spacial score (nSPS) is 15.4. The molecule has 0 saturated carbocycles. The second kappa shape index (κ2) is 10.5. The van der Waals surface area contributed by atoms with E-state index in [4.69, 9.17) is 21.1 Å². The van der Waals surface area contributed by atoms with Gasteiger partial charge in [-0.05, 0) is 31.2 Å². The highest BCUT2D eigenvalue weighted by molar-refractivity contribution is 6.32. The molecule has 1 aliphatic heterocycles. The van der Waals surface area contributed by atoms with E-state index in [-0.39, 0.29) is 5.78 Å². The van der Waals surface area contributed by atoms with Crippen molar-refractivity contribution in [2.24, 2.45) is 0 Å². The Labute approximate surface area is 171 Å². The van der Waals surface area contributed by atoms with Crippen LogP contribution in [0.15, 0.2) is 48.5 Å². The fraction of sp³-hybridized carbons (Fsp3) is 0.409. The highest BCUT2D eigenvalue weighted by Gasteiger charge is 2.17. The van der Waals surface area contributed by atoms with Crippen molar-refractivity contribution in [3.8, 4) is 11.5 Å². The Kier molecular flexibility index (Phi) is 7.71. The van der Waals surface area contributed by atoms with Crippen molar-refractivity contribution in [3.63, 3.8) is 0 Å². The molecule has 1 saturated heterocycles. The lowest BCUT2D eigenvalue weighted by Gasteiger charge is -2.34. The molecule has 0 aliphatic carbocycles. The lowest BCUT2D eigenvalue weighted by Crippen LogP contribution is -2.48. The Morgan fingerprint density at radius 1 is 0.857 bits per heavy atom. The van der Waals surface area contributed by atoms with E-state index >= 15 is 0 Å². The molecule has 0 N–H and O–H groups in total. The van der Waals surface area contributed by atoms with E-state index in [2.05, 4.69) is 9.80 Å². The van der Waals surface area contributed by atoms with Crippen molar-refractivity contribution in [3.05, 3.63) is 59.1 Å². The Balaban J connectivity index is 1.33. The molecule has 3 rings (SSSR count). The minimum atomic E-state index is 0.0308. The highest BCUT2D eigenvalue weighted by Crippen LogP contribution is 2.23. The van der Waals surface area contributed by atoms with Crippen LogP contribution in [-0.4, -0.2) is 68.1 Å². The van der Waals surface area contributed by atoms with Crippen molar-refractivity contribution >= 4 is 17.4 Å². The molecule has 1 heterocycles. The molecule has 0 unspecified atom stereocenters. The maximum Gasteiger partial charge on any atom is 0.163 e. The number of halogens is 1. The Morgan fingerprint density at radius 2 is 1.36 bits per heavy atom. The average Bonchev–Trinajstić information content (AvgIpc) is 2.71. The van der Waals surface area contributed by atoms with Crippen molar-refractivity contribution in [1.82, 2.24) is 9.80 Å². The number of hydrogen-bond donors (Lipinski definition) is 0. The zero-order valence-electron chi connectivity index (χ0n) is 16.3. The first-order valence-corrected chi connectivity index (χ1v) is 10.1. The standard InChI is InChI=1S/C22H27ClN2O3/c1-18(26)19-6-2-4-8-21(19)27-16-14-24-10-12-25(13-11-24)15-17-28-22-9-5-3-7-20(22)23/h2-9H,10-17H2,1H3. The van der Waals surface area contributed by atoms with Gasteiger partial charge in [0.2, 0.25) is 0 Å². The summed E-state index contributed by atoms with van der Waals surface area (Å²) in [5.74, 6) is 1.44. The smallest absolute Gasteiger partial charge is 0.163 e. The summed E-state index contributed by atoms with van der Waals surface area (Å²) in [6.45, 7) is 8.56. The van der Waals surface area contributed by atoms with Gasteiger partial charge < -0.3 is 9.47 Å². The SMILES string of the molecule is CC(=O)c1ccccc1OCCN1CCN(CCOc2ccccc2Cl)CC1. The molecule has 0 radical (unpaired) electrons. The zero-order chi connectivity index (χ0) is 19.8. The number of rotatable bonds is 9. The number of Topliss-reactive ketones (excluding diaryl/α,β-unsaturated/α-hetero) is 1. The average molecular weight is 403 g/mol. The maximum absolute atomic E-state index is 11.6. The topological polar surface area (TPSA) is 42.0 Å². The van der Waals surface area contributed by atoms with Crippen LogP contribution in [0.4, 0.5) is 0 Å². The third kappa shape index (κ3) is 5.96. The van der Waals surface area contributed by atoms with Crippen molar-refractivity contribution < 1.29 is 14.3 Å². The fourth-order valence-corrected chi connectivity index (χ4v) is 3.44. The van der Waals surface area contributed by atoms with Gasteiger partial charge in [-0.2, -0.15) is 0 Å². The minimum absolute atomic E-state index is 0.0308. The summed E-state index contributed by atoms with van der Waals surface area (Å²) in [6, 6.07) is 15.0. The van der Waals surface area contributed by atoms with Crippen molar-refractivity contribution in [2.75, 3.05) is 52.5 Å². The number of benzene rings is 2. The van der Waals surface area contributed by atoms with E-state index < -0.39 is 0 Å². The molecule has 1 fully saturated rings. The van der Waals surface area contributed by atoms with Gasteiger partial charge in [0.05, 0.1) is 10.6 Å². The summed E-state index contributed by atoms with van der Waals surface area (Å²) < 4.78 is 11.6. The number of ketones is 1. The van der Waals surface area contributed by atoms with Crippen LogP contribution in [0, 0.1) is 0 Å². The van der Waals surface area contributed by atoms with Gasteiger partial charge in [0.1, 0.15) is 24.7 Å². The first-order chi connectivity index (χ1) is 13.6. The molecule has 5 nitrogen and oxygen atoms in total. The monoisotopic (exact) mass is 402 g/mol. The van der Waals surface area contributed by atoms with E-state index in [9.17, 15) is 4.79 Å². The summed E-state index contributed by atoms with van der Waals surface area (Å²) in [5, 5.41) is 0.652. The summed E-state index contributed by atoms with van der Waals surface area (Å²) in [7, 11) is 0. The molecule has 150 valence electrons. The Bertz CT molecular complexity index is 776. The number of carbonyl (C=O) groups is 1. The molecule has 0 spiro atoms. The molecule has 1 aliphatic rings. The summed E-state index contributed by atoms with van der Waals surface area (Å²) in [6.07, 6.45) is 0. The van der Waals surface area contributed by atoms with Crippen LogP contribution in [-0.2, 0) is 0 Å². The summed E-state index contributed by atoms with van der Waals surface area (Å²) in [4.78, 5) is 16.4. The van der Waals surface area contributed by atoms with Crippen LogP contribution in [0.25, 0.3) is 0 Å². The first-order valence-electron chi connectivity index (χ1n) is 9.68. The van der Waals surface area contributed by atoms with E-state index in [1.807, 2.05) is 42.5 Å². The quantitative estimate of drug-likeness (QED) is 0.599. The molecular weight excluding hydrogens is 376 g/mol. The second-order valence-electron chi connectivity index (χ2n) is 6.86. The maximum atomic E-state index is 11.6. The highest BCUT2D eigenvalue weighted by atomic mass is 35.5. The van der Waals surface area contributed by atoms with Gasteiger partial charge in [-0.1, -0.05) is 35.9 Å². The van der Waals surface area contributed by atoms with Crippen LogP contribution in [0.5, 0.6) is 11.5 Å². The number of carbonyl (C=O) groups excluding carboxylic acids is 1. The van der Waals surface area contributed by atoms with Gasteiger partial charge in [0.25, 0.3) is 0 Å². The van der Waals surface area contributed by atoms with E-state index in [1.54, 1.807) is 13.0 Å². The summed E-state index contributed by atoms with van der Waals surface area (Å²) in [5.41, 5.74) is 0.644. The van der Waals surface area contributed by atoms with Crippen LogP contribution < -0.4 is 9.47 Å². The molecular formula is C22H27ClN2O3. The van der Waals surface area contributed by atoms with Gasteiger partial charge in [-0.3, -0.25) is 14.6 Å². The summed E-state index contributed by atoms with van der Waals surface area (Å²) >= 11 is 6.11. The van der Waals surface area contributed by atoms with Crippen LogP contribution >= 0.6 is 11.6 Å². The molecule has 0 amide bonds. The van der Waals surface area contributed by atoms with Gasteiger partial charge in [0, 0.05) is 39.3 Å². The number of hydrogen-bond acceptors (Lipinski definition) is 5. The second-order valence-corrected chi connectivity index (χ2v) is 7.27. The number of ether oxygens (including phenoxy) is 2. The van der Waals surface area contributed by atoms with Crippen LogP contribution in [0.2, 0.25) is 5.02 Å². The van der Waals surface area contributed by atoms with Gasteiger partial charge in [-0.15, -0.1) is 0 Å². The predicted octanol–water partition coefficient (Wildman–Crippen LogP) is 3.62. The molecule has 28 heavy (non-hydrogen) atoms. The Hall–Kier alpha value is -2.08. The lowest BCUT2D eigenvalue weighted by molar-refractivity contribution is 0.0995. The van der Waals surface area contributed by atoms with E-state index in [0.717, 1.165) is 45.0 Å². The fourth-order valence-electron chi connectivity index (χ4n) is 3.25. The molecule has 2 aromatic carbocycles. The van der Waals surface area contributed by atoms with Gasteiger partial charge in [-0.25, -0.2) is 0 Å².